The third-order valence-corrected chi connectivity index (χ3v) is 6.47. The maximum atomic E-state index is 14.0. The molecule has 9 nitrogen and oxygen atoms in total. The van der Waals surface area contributed by atoms with Crippen LogP contribution in [0.1, 0.15) is 43.0 Å². The van der Waals surface area contributed by atoms with Gasteiger partial charge in [0, 0.05) is 11.6 Å². The van der Waals surface area contributed by atoms with E-state index in [9.17, 15) is 28.2 Å². The summed E-state index contributed by atoms with van der Waals surface area (Å²) < 4.78 is 47.9. The number of benzene rings is 2. The third-order valence-electron chi connectivity index (χ3n) is 6.47. The molecule has 38 heavy (non-hydrogen) atoms. The van der Waals surface area contributed by atoms with Crippen molar-refractivity contribution in [3.8, 4) is 28.5 Å². The van der Waals surface area contributed by atoms with Crippen molar-refractivity contribution < 1.29 is 32.7 Å². The van der Waals surface area contributed by atoms with Crippen molar-refractivity contribution in [3.05, 3.63) is 72.1 Å². The lowest BCUT2D eigenvalue weighted by molar-refractivity contribution is -0.142. The molecule has 1 aliphatic rings. The molecule has 2 heterocycles. The van der Waals surface area contributed by atoms with E-state index in [1.54, 1.807) is 18.2 Å². The number of amides is 1. The number of aliphatic hydroxyl groups excluding tert-OH is 2. The van der Waals surface area contributed by atoms with Crippen molar-refractivity contribution in [1.29, 1.82) is 0 Å². The molecular weight excluding hydrogens is 503 g/mol. The van der Waals surface area contributed by atoms with Gasteiger partial charge >= 0.3 is 6.18 Å². The van der Waals surface area contributed by atoms with E-state index in [1.165, 1.54) is 36.4 Å². The summed E-state index contributed by atoms with van der Waals surface area (Å²) in [4.78, 5) is 16.6. The van der Waals surface area contributed by atoms with Crippen LogP contribution in [0.4, 0.5) is 13.2 Å². The van der Waals surface area contributed by atoms with Crippen molar-refractivity contribution in [2.24, 2.45) is 0 Å². The molecule has 1 atom stereocenters. The number of para-hydroxylation sites is 1. The maximum absolute atomic E-state index is 14.0. The largest absolute Gasteiger partial charge is 0.434 e. The van der Waals surface area contributed by atoms with Crippen LogP contribution in [-0.4, -0.2) is 48.2 Å². The lowest BCUT2D eigenvalue weighted by Crippen LogP contribution is -2.41. The van der Waals surface area contributed by atoms with Crippen LogP contribution in [0.2, 0.25) is 0 Å². The summed E-state index contributed by atoms with van der Waals surface area (Å²) in [5, 5.41) is 30.6. The monoisotopic (exact) mass is 527 g/mol. The minimum Gasteiger partial charge on any atom is -0.393 e. The summed E-state index contributed by atoms with van der Waals surface area (Å²) >= 11 is 0. The highest BCUT2D eigenvalue weighted by molar-refractivity contribution is 5.82. The smallest absolute Gasteiger partial charge is 0.393 e. The molecule has 2 aromatic carbocycles. The number of aliphatic hydroxyl groups is 2. The zero-order chi connectivity index (χ0) is 26.9. The molecule has 1 aliphatic carbocycles. The van der Waals surface area contributed by atoms with E-state index in [0.717, 1.165) is 10.9 Å². The van der Waals surface area contributed by atoms with E-state index < -0.39 is 23.9 Å². The first kappa shape index (κ1) is 25.6. The molecule has 2 aromatic heterocycles. The van der Waals surface area contributed by atoms with Crippen LogP contribution in [0.3, 0.4) is 0 Å². The maximum Gasteiger partial charge on any atom is 0.434 e. The third kappa shape index (κ3) is 5.31. The lowest BCUT2D eigenvalue weighted by Gasteiger charge is -2.27. The number of alkyl halides is 3. The van der Waals surface area contributed by atoms with Crippen LogP contribution in [0.25, 0.3) is 28.5 Å². The fourth-order valence-corrected chi connectivity index (χ4v) is 4.46. The Morgan fingerprint density at radius 3 is 2.39 bits per heavy atom. The topological polar surface area (TPSA) is 126 Å². The summed E-state index contributed by atoms with van der Waals surface area (Å²) in [7, 11) is 0. The highest BCUT2D eigenvalue weighted by atomic mass is 19.4. The molecule has 1 saturated carbocycles. The van der Waals surface area contributed by atoms with Gasteiger partial charge in [-0.05, 0) is 43.4 Å². The van der Waals surface area contributed by atoms with Gasteiger partial charge in [0.25, 0.3) is 11.8 Å². The van der Waals surface area contributed by atoms with E-state index in [2.05, 4.69) is 20.6 Å². The van der Waals surface area contributed by atoms with E-state index in [1.807, 2.05) is 0 Å². The number of nitrogens with zero attached hydrogens (tertiary/aromatic N) is 4. The number of carbonyl (C=O) groups excluding carboxylic acids is 1. The summed E-state index contributed by atoms with van der Waals surface area (Å²) in [6.07, 6.45) is -3.01. The Labute approximate surface area is 214 Å². The van der Waals surface area contributed by atoms with E-state index in [0.29, 0.717) is 36.8 Å². The minimum atomic E-state index is -4.74. The van der Waals surface area contributed by atoms with Gasteiger partial charge < -0.3 is 20.1 Å². The molecule has 1 fully saturated rings. The summed E-state index contributed by atoms with van der Waals surface area (Å²) in [6.45, 7) is 0. The number of carbonyl (C=O) groups is 1. The van der Waals surface area contributed by atoms with Crippen LogP contribution in [0, 0.1) is 0 Å². The fourth-order valence-electron chi connectivity index (χ4n) is 4.46. The van der Waals surface area contributed by atoms with Crippen LogP contribution < -0.4 is 5.32 Å². The average Bonchev–Trinajstić information content (AvgIpc) is 3.58. The summed E-state index contributed by atoms with van der Waals surface area (Å²) in [5.41, 5.74) is -0.434. The number of nitrogens with one attached hydrogen (secondary N) is 1. The summed E-state index contributed by atoms with van der Waals surface area (Å²) in [5.74, 6) is -0.862. The Kier molecular flexibility index (Phi) is 7.00. The van der Waals surface area contributed by atoms with Gasteiger partial charge in [-0.2, -0.15) is 23.3 Å². The number of halogens is 3. The van der Waals surface area contributed by atoms with Gasteiger partial charge in [0.1, 0.15) is 0 Å². The van der Waals surface area contributed by atoms with Crippen molar-refractivity contribution >= 4 is 5.91 Å². The SMILES string of the molecule is O=C(N[C@H]1CC[C@H](O)CC1)C(O)c1ccc(-c2noc(-c3cnn(-c4ccccc4)c3C(F)(F)F)n2)cc1. The molecule has 4 aromatic rings. The Balaban J connectivity index is 1.34. The first-order chi connectivity index (χ1) is 18.2. The molecule has 5 rings (SSSR count). The van der Waals surface area contributed by atoms with Gasteiger partial charge in [0.2, 0.25) is 5.82 Å². The number of hydrogen-bond acceptors (Lipinski definition) is 7. The molecule has 3 N–H and O–H groups in total. The van der Waals surface area contributed by atoms with Crippen LogP contribution >= 0.6 is 0 Å². The first-order valence-corrected chi connectivity index (χ1v) is 12.0. The molecule has 12 heteroatoms. The zero-order valence-electron chi connectivity index (χ0n) is 20.0. The highest BCUT2D eigenvalue weighted by Crippen LogP contribution is 2.38. The van der Waals surface area contributed by atoms with Gasteiger partial charge in [0.05, 0.1) is 23.6 Å². The normalized spacial score (nSPS) is 18.8. The molecule has 198 valence electrons. The van der Waals surface area contributed by atoms with Crippen LogP contribution in [-0.2, 0) is 11.0 Å². The first-order valence-electron chi connectivity index (χ1n) is 12.0. The Hall–Kier alpha value is -4.03. The quantitative estimate of drug-likeness (QED) is 0.345. The molecular formula is C26H24F3N5O4. The Morgan fingerprint density at radius 1 is 1.05 bits per heavy atom. The number of hydrogen-bond donors (Lipinski definition) is 3. The van der Waals surface area contributed by atoms with Crippen molar-refractivity contribution in [3.63, 3.8) is 0 Å². The second-order valence-electron chi connectivity index (χ2n) is 9.11. The van der Waals surface area contributed by atoms with Gasteiger partial charge in [-0.1, -0.05) is 47.6 Å². The fraction of sp³-hybridized carbons (Fsp3) is 0.308. The van der Waals surface area contributed by atoms with E-state index in [4.69, 9.17) is 4.52 Å². The van der Waals surface area contributed by atoms with Crippen molar-refractivity contribution in [2.45, 2.75) is 50.1 Å². The Bertz CT molecular complexity index is 1390. The van der Waals surface area contributed by atoms with Crippen molar-refractivity contribution in [1.82, 2.24) is 25.2 Å². The second-order valence-corrected chi connectivity index (χ2v) is 9.11. The lowest BCUT2D eigenvalue weighted by atomic mass is 9.93. The second kappa shape index (κ2) is 10.4. The average molecular weight is 528 g/mol. The van der Waals surface area contributed by atoms with Crippen LogP contribution in [0.15, 0.2) is 65.3 Å². The standard InChI is InChI=1S/C26H24F3N5O4/c27-26(28,29)22-20(14-30-34(22)18-4-2-1-3-5-18)25-32-23(33-38-25)16-8-6-15(7-9-16)21(36)24(37)31-17-10-12-19(35)13-11-17/h1-9,14,17,19,21,35-36H,10-13H2,(H,31,37)/t17-,19-,21?. The minimum absolute atomic E-state index is 0.0341. The van der Waals surface area contributed by atoms with E-state index >= 15 is 0 Å². The van der Waals surface area contributed by atoms with Gasteiger partial charge in [-0.15, -0.1) is 0 Å². The highest BCUT2D eigenvalue weighted by Gasteiger charge is 2.40. The predicted octanol–water partition coefficient (Wildman–Crippen LogP) is 4.06. The Morgan fingerprint density at radius 2 is 1.74 bits per heavy atom. The van der Waals surface area contributed by atoms with Gasteiger partial charge in [-0.3, -0.25) is 4.79 Å². The predicted molar refractivity (Wildman–Crippen MR) is 129 cm³/mol. The number of aromatic nitrogens is 4. The van der Waals surface area contributed by atoms with Crippen LogP contribution in [0.5, 0.6) is 0 Å². The molecule has 0 spiro atoms. The zero-order valence-corrected chi connectivity index (χ0v) is 20.0. The molecule has 0 aliphatic heterocycles. The molecule has 0 radical (unpaired) electrons. The van der Waals surface area contributed by atoms with Gasteiger partial charge in [-0.25, -0.2) is 4.68 Å². The number of rotatable bonds is 6. The molecule has 1 unspecified atom stereocenters. The molecule has 1 amide bonds. The molecule has 0 bridgehead atoms. The van der Waals surface area contributed by atoms with E-state index in [-0.39, 0.29) is 35.1 Å². The van der Waals surface area contributed by atoms with Crippen molar-refractivity contribution in [2.75, 3.05) is 0 Å². The molecule has 0 saturated heterocycles. The summed E-state index contributed by atoms with van der Waals surface area (Å²) in [6, 6.07) is 13.9. The van der Waals surface area contributed by atoms with Gasteiger partial charge in [0.15, 0.2) is 11.8 Å².